The minimum absolute atomic E-state index is 0.141. The Kier molecular flexibility index (Phi) is 5.27. The van der Waals surface area contributed by atoms with E-state index >= 15 is 0 Å². The number of ether oxygens (including phenoxy) is 1. The number of rotatable bonds is 6. The van der Waals surface area contributed by atoms with Gasteiger partial charge in [-0.2, -0.15) is 0 Å². The highest BCUT2D eigenvalue weighted by atomic mass is 35.5. The molecule has 4 aromatic rings. The van der Waals surface area contributed by atoms with Crippen LogP contribution in [0.3, 0.4) is 0 Å². The van der Waals surface area contributed by atoms with Gasteiger partial charge in [0.05, 0.1) is 23.5 Å². The molecule has 0 radical (unpaired) electrons. The summed E-state index contributed by atoms with van der Waals surface area (Å²) in [4.78, 5) is 20.9. The first-order valence-electron chi connectivity index (χ1n) is 8.56. The largest absolute Gasteiger partial charge is 0.497 e. The summed E-state index contributed by atoms with van der Waals surface area (Å²) in [5.41, 5.74) is 1.71. The molecule has 0 aliphatic heterocycles. The molecule has 0 saturated heterocycles. The minimum atomic E-state index is -0.141. The second kappa shape index (κ2) is 8.00. The zero-order valence-corrected chi connectivity index (χ0v) is 16.5. The van der Waals surface area contributed by atoms with Gasteiger partial charge in [0.1, 0.15) is 5.75 Å². The fourth-order valence-electron chi connectivity index (χ4n) is 2.66. The highest BCUT2D eigenvalue weighted by Crippen LogP contribution is 2.29. The molecular weight excluding hydrogens is 398 g/mol. The summed E-state index contributed by atoms with van der Waals surface area (Å²) < 4.78 is 11.9. The van der Waals surface area contributed by atoms with Crippen molar-refractivity contribution in [3.63, 3.8) is 0 Å². The molecule has 0 aliphatic carbocycles. The van der Waals surface area contributed by atoms with Crippen LogP contribution in [0.25, 0.3) is 21.5 Å². The molecule has 0 atom stereocenters. The summed E-state index contributed by atoms with van der Waals surface area (Å²) in [7, 11) is 1.62. The normalized spacial score (nSPS) is 10.9. The van der Waals surface area contributed by atoms with E-state index in [4.69, 9.17) is 20.8 Å². The molecule has 8 heteroatoms. The number of hydrogen-bond donors (Lipinski definition) is 1. The molecule has 2 aromatic carbocycles. The Bertz CT molecular complexity index is 1120. The van der Waals surface area contributed by atoms with E-state index in [9.17, 15) is 4.79 Å². The van der Waals surface area contributed by atoms with Gasteiger partial charge in [-0.1, -0.05) is 22.9 Å². The zero-order chi connectivity index (χ0) is 19.5. The number of benzene rings is 2. The van der Waals surface area contributed by atoms with Gasteiger partial charge >= 0.3 is 0 Å². The van der Waals surface area contributed by atoms with Crippen molar-refractivity contribution in [1.29, 1.82) is 0 Å². The number of nitrogens with one attached hydrogen (secondary N) is 1. The van der Waals surface area contributed by atoms with Gasteiger partial charge in [-0.25, -0.2) is 9.97 Å². The van der Waals surface area contributed by atoms with E-state index < -0.39 is 0 Å². The molecule has 0 unspecified atom stereocenters. The van der Waals surface area contributed by atoms with Crippen molar-refractivity contribution in [2.45, 2.75) is 12.8 Å². The monoisotopic (exact) mass is 413 g/mol. The average molecular weight is 414 g/mol. The average Bonchev–Trinajstić information content (AvgIpc) is 3.32. The Hall–Kier alpha value is -2.90. The Labute approximate surface area is 170 Å². The molecule has 0 spiro atoms. The first kappa shape index (κ1) is 18.5. The third-order valence-electron chi connectivity index (χ3n) is 4.09. The van der Waals surface area contributed by atoms with Crippen LogP contribution in [0.4, 0.5) is 5.13 Å². The third kappa shape index (κ3) is 4.16. The molecule has 0 bridgehead atoms. The van der Waals surface area contributed by atoms with Gasteiger partial charge in [-0.3, -0.25) is 4.79 Å². The van der Waals surface area contributed by atoms with Crippen LogP contribution in [0.5, 0.6) is 5.75 Å². The van der Waals surface area contributed by atoms with E-state index in [2.05, 4.69) is 15.3 Å². The smallest absolute Gasteiger partial charge is 0.226 e. The zero-order valence-electron chi connectivity index (χ0n) is 14.9. The number of anilines is 1. The quantitative estimate of drug-likeness (QED) is 0.471. The molecule has 28 heavy (non-hydrogen) atoms. The number of amides is 1. The predicted molar refractivity (Wildman–Crippen MR) is 110 cm³/mol. The maximum atomic E-state index is 12.2. The van der Waals surface area contributed by atoms with Crippen molar-refractivity contribution in [2.75, 3.05) is 12.4 Å². The fourth-order valence-corrected chi connectivity index (χ4v) is 3.70. The van der Waals surface area contributed by atoms with Crippen LogP contribution in [0.15, 0.2) is 53.1 Å². The molecule has 0 aliphatic rings. The summed E-state index contributed by atoms with van der Waals surface area (Å²) in [6.07, 6.45) is 2.30. The number of carbonyl (C=O) groups excluding carboxylic acids is 1. The van der Waals surface area contributed by atoms with Gasteiger partial charge in [0, 0.05) is 23.4 Å². The number of hydrogen-bond acceptors (Lipinski definition) is 6. The number of carbonyl (C=O) groups is 1. The SMILES string of the molecule is COc1ccc2nc(NC(=O)CCc3ncc(-c4ccc(Cl)cc4)o3)sc2c1. The van der Waals surface area contributed by atoms with Gasteiger partial charge in [0.2, 0.25) is 5.91 Å². The number of halogens is 1. The van der Waals surface area contributed by atoms with Crippen molar-refractivity contribution >= 4 is 44.2 Å². The Morgan fingerprint density at radius 3 is 2.86 bits per heavy atom. The van der Waals surface area contributed by atoms with Crippen LogP contribution in [-0.4, -0.2) is 23.0 Å². The standard InChI is InChI=1S/C20H16ClN3O3S/c1-26-14-6-7-15-17(10-14)28-20(23-15)24-18(25)8-9-19-22-11-16(27-19)12-2-4-13(21)5-3-12/h2-7,10-11H,8-9H2,1H3,(H,23,24,25). The molecule has 2 aromatic heterocycles. The Balaban J connectivity index is 1.36. The number of oxazole rings is 1. The van der Waals surface area contributed by atoms with Crippen LogP contribution >= 0.6 is 22.9 Å². The van der Waals surface area contributed by atoms with Crippen molar-refractivity contribution in [2.24, 2.45) is 0 Å². The van der Waals surface area contributed by atoms with E-state index in [0.717, 1.165) is 21.5 Å². The van der Waals surface area contributed by atoms with E-state index in [-0.39, 0.29) is 12.3 Å². The first-order valence-corrected chi connectivity index (χ1v) is 9.75. The molecule has 0 fully saturated rings. The number of fused-ring (bicyclic) bond motifs is 1. The van der Waals surface area contributed by atoms with Gasteiger partial charge < -0.3 is 14.5 Å². The highest BCUT2D eigenvalue weighted by molar-refractivity contribution is 7.22. The van der Waals surface area contributed by atoms with E-state index in [1.807, 2.05) is 30.3 Å². The molecule has 6 nitrogen and oxygen atoms in total. The van der Waals surface area contributed by atoms with Crippen molar-refractivity contribution in [1.82, 2.24) is 9.97 Å². The Morgan fingerprint density at radius 2 is 2.07 bits per heavy atom. The van der Waals surface area contributed by atoms with Crippen LogP contribution in [-0.2, 0) is 11.2 Å². The van der Waals surface area contributed by atoms with Gasteiger partial charge in [-0.15, -0.1) is 0 Å². The maximum Gasteiger partial charge on any atom is 0.226 e. The van der Waals surface area contributed by atoms with Crippen LogP contribution in [0.1, 0.15) is 12.3 Å². The second-order valence-electron chi connectivity index (χ2n) is 6.03. The Morgan fingerprint density at radius 1 is 1.25 bits per heavy atom. The van der Waals surface area contributed by atoms with Gasteiger partial charge in [-0.05, 0) is 42.5 Å². The number of thiazole rings is 1. The van der Waals surface area contributed by atoms with E-state index in [1.54, 1.807) is 25.4 Å². The third-order valence-corrected chi connectivity index (χ3v) is 5.28. The summed E-state index contributed by atoms with van der Waals surface area (Å²) in [5.74, 6) is 1.77. The minimum Gasteiger partial charge on any atom is -0.497 e. The number of nitrogens with zero attached hydrogens (tertiary/aromatic N) is 2. The van der Waals surface area contributed by atoms with Crippen molar-refractivity contribution in [3.8, 4) is 17.1 Å². The summed E-state index contributed by atoms with van der Waals surface area (Å²) in [6.45, 7) is 0. The van der Waals surface area contributed by atoms with Gasteiger partial charge in [0.25, 0.3) is 0 Å². The molecule has 1 amide bonds. The number of methoxy groups -OCH3 is 1. The summed E-state index contributed by atoms with van der Waals surface area (Å²) >= 11 is 7.30. The lowest BCUT2D eigenvalue weighted by Crippen LogP contribution is -2.12. The summed E-state index contributed by atoms with van der Waals surface area (Å²) in [5, 5.41) is 4.05. The van der Waals surface area contributed by atoms with Crippen molar-refractivity contribution < 1.29 is 13.9 Å². The molecule has 2 heterocycles. The van der Waals surface area contributed by atoms with E-state index in [0.29, 0.717) is 28.2 Å². The highest BCUT2D eigenvalue weighted by Gasteiger charge is 2.12. The molecule has 1 N–H and O–H groups in total. The van der Waals surface area contributed by atoms with E-state index in [1.165, 1.54) is 11.3 Å². The number of aryl methyl sites for hydroxylation is 1. The molecular formula is C20H16ClN3O3S. The van der Waals surface area contributed by atoms with Crippen LogP contribution in [0, 0.1) is 0 Å². The lowest BCUT2D eigenvalue weighted by atomic mass is 10.2. The number of aromatic nitrogens is 2. The fraction of sp³-hybridized carbons (Fsp3) is 0.150. The second-order valence-corrected chi connectivity index (χ2v) is 7.49. The lowest BCUT2D eigenvalue weighted by Gasteiger charge is -1.99. The predicted octanol–water partition coefficient (Wildman–Crippen LogP) is 5.18. The van der Waals surface area contributed by atoms with Crippen LogP contribution < -0.4 is 10.1 Å². The summed E-state index contributed by atoms with van der Waals surface area (Å²) in [6, 6.07) is 12.9. The maximum absolute atomic E-state index is 12.2. The first-order chi connectivity index (χ1) is 13.6. The lowest BCUT2D eigenvalue weighted by molar-refractivity contribution is -0.116. The molecule has 0 saturated carbocycles. The molecule has 4 rings (SSSR count). The topological polar surface area (TPSA) is 77.2 Å². The molecule has 142 valence electrons. The van der Waals surface area contributed by atoms with Crippen LogP contribution in [0.2, 0.25) is 5.02 Å². The van der Waals surface area contributed by atoms with Crippen molar-refractivity contribution in [3.05, 3.63) is 59.6 Å². The van der Waals surface area contributed by atoms with Gasteiger partial charge in [0.15, 0.2) is 16.8 Å².